The summed E-state index contributed by atoms with van der Waals surface area (Å²) in [6, 6.07) is 5.67. The monoisotopic (exact) mass is 322 g/mol. The largest absolute Gasteiger partial charge is 0.481 e. The second-order valence-electron chi connectivity index (χ2n) is 5.62. The molecular formula is C16H22N2O3S. The number of hydrogen-bond acceptors (Lipinski definition) is 3. The molecule has 1 fully saturated rings. The van der Waals surface area contributed by atoms with Gasteiger partial charge in [0.25, 0.3) is 0 Å². The Bertz CT molecular complexity index is 554. The van der Waals surface area contributed by atoms with Crippen LogP contribution in [-0.2, 0) is 4.79 Å². The summed E-state index contributed by atoms with van der Waals surface area (Å²) < 4.78 is 0. The maximum Gasteiger partial charge on any atom is 0.319 e. The van der Waals surface area contributed by atoms with Crippen molar-refractivity contribution in [2.24, 2.45) is 5.92 Å². The highest BCUT2D eigenvalue weighted by molar-refractivity contribution is 7.98. The molecule has 5 nitrogen and oxygen atoms in total. The van der Waals surface area contributed by atoms with E-state index in [1.165, 1.54) is 0 Å². The van der Waals surface area contributed by atoms with Gasteiger partial charge in [-0.3, -0.25) is 4.79 Å². The molecule has 0 radical (unpaired) electrons. The van der Waals surface area contributed by atoms with Crippen LogP contribution < -0.4 is 10.6 Å². The first kappa shape index (κ1) is 16.7. The number of nitrogens with one attached hydrogen (secondary N) is 2. The summed E-state index contributed by atoms with van der Waals surface area (Å²) in [5.41, 5.74) is 1.86. The van der Waals surface area contributed by atoms with Gasteiger partial charge in [-0.1, -0.05) is 6.07 Å². The number of benzene rings is 1. The molecule has 120 valence electrons. The summed E-state index contributed by atoms with van der Waals surface area (Å²) in [6.07, 6.45) is 4.69. The van der Waals surface area contributed by atoms with Gasteiger partial charge in [-0.15, -0.1) is 11.8 Å². The van der Waals surface area contributed by atoms with Gasteiger partial charge in [0, 0.05) is 16.6 Å². The molecule has 1 aromatic carbocycles. The molecule has 2 amide bonds. The molecule has 3 N–H and O–H groups in total. The van der Waals surface area contributed by atoms with E-state index in [2.05, 4.69) is 10.6 Å². The van der Waals surface area contributed by atoms with Crippen LogP contribution in [0, 0.1) is 12.8 Å². The van der Waals surface area contributed by atoms with Gasteiger partial charge in [0.2, 0.25) is 0 Å². The number of thioether (sulfide) groups is 1. The fourth-order valence-electron chi connectivity index (χ4n) is 2.80. The molecule has 1 saturated carbocycles. The number of carbonyl (C=O) groups excluding carboxylic acids is 1. The van der Waals surface area contributed by atoms with Gasteiger partial charge in [0.15, 0.2) is 0 Å². The van der Waals surface area contributed by atoms with Crippen LogP contribution in [-0.4, -0.2) is 29.4 Å². The standard InChI is InChI=1S/C16H22N2O3S/c1-10-13(4-3-5-14(10)22-2)18-16(21)17-12-8-6-11(7-9-12)15(19)20/h3-5,11-12H,6-9H2,1-2H3,(H,19,20)(H2,17,18,21). The van der Waals surface area contributed by atoms with Gasteiger partial charge in [0.05, 0.1) is 5.92 Å². The average Bonchev–Trinajstić information content (AvgIpc) is 2.50. The van der Waals surface area contributed by atoms with Crippen LogP contribution in [0.2, 0.25) is 0 Å². The van der Waals surface area contributed by atoms with Crippen LogP contribution in [0.5, 0.6) is 0 Å². The lowest BCUT2D eigenvalue weighted by Gasteiger charge is -2.27. The molecule has 0 heterocycles. The van der Waals surface area contributed by atoms with E-state index in [9.17, 15) is 9.59 Å². The number of carbonyl (C=O) groups is 2. The molecule has 6 heteroatoms. The Balaban J connectivity index is 1.88. The summed E-state index contributed by atoms with van der Waals surface area (Å²) in [5.74, 6) is -0.992. The molecule has 22 heavy (non-hydrogen) atoms. The number of carboxylic acid groups (broad SMARTS) is 1. The van der Waals surface area contributed by atoms with Crippen molar-refractivity contribution in [3.05, 3.63) is 23.8 Å². The van der Waals surface area contributed by atoms with Gasteiger partial charge in [0.1, 0.15) is 0 Å². The van der Waals surface area contributed by atoms with Crippen molar-refractivity contribution in [3.8, 4) is 0 Å². The number of amides is 2. The molecule has 0 aromatic heterocycles. The van der Waals surface area contributed by atoms with Crippen LogP contribution in [0.1, 0.15) is 31.2 Å². The first-order valence-corrected chi connectivity index (χ1v) is 8.67. The van der Waals surface area contributed by atoms with Crippen molar-refractivity contribution in [2.45, 2.75) is 43.5 Å². The van der Waals surface area contributed by atoms with Crippen molar-refractivity contribution < 1.29 is 14.7 Å². The normalized spacial score (nSPS) is 21.2. The first-order valence-electron chi connectivity index (χ1n) is 7.45. The predicted molar refractivity (Wildman–Crippen MR) is 88.5 cm³/mol. The van der Waals surface area contributed by atoms with E-state index in [0.29, 0.717) is 25.7 Å². The lowest BCUT2D eigenvalue weighted by atomic mass is 9.86. The molecule has 0 unspecified atom stereocenters. The van der Waals surface area contributed by atoms with E-state index in [1.807, 2.05) is 31.4 Å². The number of carboxylic acids is 1. The third-order valence-corrected chi connectivity index (χ3v) is 5.05. The zero-order valence-corrected chi connectivity index (χ0v) is 13.7. The van der Waals surface area contributed by atoms with Crippen molar-refractivity contribution in [1.82, 2.24) is 5.32 Å². The molecule has 0 atom stereocenters. The highest BCUT2D eigenvalue weighted by Gasteiger charge is 2.26. The molecule has 1 aromatic rings. The first-order chi connectivity index (χ1) is 10.5. The number of rotatable bonds is 4. The minimum atomic E-state index is -0.729. The highest BCUT2D eigenvalue weighted by Crippen LogP contribution is 2.27. The Kier molecular flexibility index (Phi) is 5.71. The van der Waals surface area contributed by atoms with E-state index < -0.39 is 5.97 Å². The van der Waals surface area contributed by atoms with Crippen molar-refractivity contribution in [3.63, 3.8) is 0 Å². The summed E-state index contributed by atoms with van der Waals surface area (Å²) in [5, 5.41) is 14.8. The molecular weight excluding hydrogens is 300 g/mol. The summed E-state index contributed by atoms with van der Waals surface area (Å²) in [6.45, 7) is 1.99. The van der Waals surface area contributed by atoms with Crippen LogP contribution in [0.4, 0.5) is 10.5 Å². The quantitative estimate of drug-likeness (QED) is 0.742. The fraction of sp³-hybridized carbons (Fsp3) is 0.500. The fourth-order valence-corrected chi connectivity index (χ4v) is 3.43. The number of hydrogen-bond donors (Lipinski definition) is 3. The van der Waals surface area contributed by atoms with Gasteiger partial charge >= 0.3 is 12.0 Å². The van der Waals surface area contributed by atoms with E-state index in [0.717, 1.165) is 16.1 Å². The summed E-state index contributed by atoms with van der Waals surface area (Å²) >= 11 is 1.65. The lowest BCUT2D eigenvalue weighted by Crippen LogP contribution is -2.41. The third kappa shape index (κ3) is 4.16. The molecule has 0 aliphatic heterocycles. The number of anilines is 1. The van der Waals surface area contributed by atoms with E-state index in [4.69, 9.17) is 5.11 Å². The van der Waals surface area contributed by atoms with Crippen LogP contribution in [0.25, 0.3) is 0 Å². The van der Waals surface area contributed by atoms with Crippen molar-refractivity contribution in [1.29, 1.82) is 0 Å². The zero-order chi connectivity index (χ0) is 16.1. The summed E-state index contributed by atoms with van der Waals surface area (Å²) in [7, 11) is 0. The van der Waals surface area contributed by atoms with Crippen LogP contribution in [0.3, 0.4) is 0 Å². The second-order valence-corrected chi connectivity index (χ2v) is 6.47. The number of urea groups is 1. The van der Waals surface area contributed by atoms with Crippen LogP contribution in [0.15, 0.2) is 23.1 Å². The van der Waals surface area contributed by atoms with Crippen molar-refractivity contribution in [2.75, 3.05) is 11.6 Å². The third-order valence-electron chi connectivity index (χ3n) is 4.16. The Morgan fingerprint density at radius 3 is 2.50 bits per heavy atom. The highest BCUT2D eigenvalue weighted by atomic mass is 32.2. The van der Waals surface area contributed by atoms with E-state index in [1.54, 1.807) is 11.8 Å². The van der Waals surface area contributed by atoms with Gasteiger partial charge in [-0.05, 0) is 56.6 Å². The summed E-state index contributed by atoms with van der Waals surface area (Å²) in [4.78, 5) is 24.2. The molecule has 1 aliphatic rings. The Morgan fingerprint density at radius 1 is 1.23 bits per heavy atom. The predicted octanol–water partition coefficient (Wildman–Crippen LogP) is 3.48. The Labute approximate surface area is 134 Å². The molecule has 0 spiro atoms. The topological polar surface area (TPSA) is 78.4 Å². The average molecular weight is 322 g/mol. The van der Waals surface area contributed by atoms with Crippen LogP contribution >= 0.6 is 11.8 Å². The molecule has 1 aliphatic carbocycles. The molecule has 2 rings (SSSR count). The number of aliphatic carboxylic acids is 1. The minimum Gasteiger partial charge on any atom is -0.481 e. The maximum absolute atomic E-state index is 12.1. The Hall–Kier alpha value is -1.69. The Morgan fingerprint density at radius 2 is 1.91 bits per heavy atom. The van der Waals surface area contributed by atoms with Gasteiger partial charge in [-0.2, -0.15) is 0 Å². The van der Waals surface area contributed by atoms with Gasteiger partial charge < -0.3 is 15.7 Å². The van der Waals surface area contributed by atoms with Crippen molar-refractivity contribution >= 4 is 29.4 Å². The lowest BCUT2D eigenvalue weighted by molar-refractivity contribution is -0.142. The van der Waals surface area contributed by atoms with Gasteiger partial charge in [-0.25, -0.2) is 4.79 Å². The molecule has 0 bridgehead atoms. The van der Waals surface area contributed by atoms with E-state index in [-0.39, 0.29) is 18.0 Å². The smallest absolute Gasteiger partial charge is 0.319 e. The zero-order valence-electron chi connectivity index (χ0n) is 12.9. The second kappa shape index (κ2) is 7.54. The minimum absolute atomic E-state index is 0.0552. The van der Waals surface area contributed by atoms with E-state index >= 15 is 0 Å². The maximum atomic E-state index is 12.1. The molecule has 0 saturated heterocycles. The SMILES string of the molecule is CSc1cccc(NC(=O)NC2CCC(C(=O)O)CC2)c1C.